The molecule has 0 unspecified atom stereocenters. The molecule has 0 heterocycles. The highest BCUT2D eigenvalue weighted by Gasteiger charge is 2.33. The maximum absolute atomic E-state index is 9.66. The van der Waals surface area contributed by atoms with Gasteiger partial charge in [0.2, 0.25) is 0 Å². The SMILES string of the molecule is CC1CCC(NC2(CO)CCCCC2)CC1. The molecule has 2 saturated carbocycles. The van der Waals surface area contributed by atoms with Gasteiger partial charge in [0.05, 0.1) is 6.61 Å². The van der Waals surface area contributed by atoms with Crippen LogP contribution in [0.5, 0.6) is 0 Å². The fourth-order valence-electron chi connectivity index (χ4n) is 3.41. The Hall–Kier alpha value is -0.0800. The highest BCUT2D eigenvalue weighted by atomic mass is 16.3. The van der Waals surface area contributed by atoms with Crippen molar-refractivity contribution in [3.05, 3.63) is 0 Å². The summed E-state index contributed by atoms with van der Waals surface area (Å²) >= 11 is 0. The topological polar surface area (TPSA) is 32.3 Å². The second-order valence-electron chi connectivity index (χ2n) is 6.10. The van der Waals surface area contributed by atoms with Crippen LogP contribution in [0, 0.1) is 5.92 Å². The first-order valence-corrected chi connectivity index (χ1v) is 7.13. The van der Waals surface area contributed by atoms with Crippen molar-refractivity contribution < 1.29 is 5.11 Å². The van der Waals surface area contributed by atoms with Gasteiger partial charge in [0.25, 0.3) is 0 Å². The Morgan fingerprint density at radius 3 is 2.25 bits per heavy atom. The van der Waals surface area contributed by atoms with Gasteiger partial charge in [0.15, 0.2) is 0 Å². The van der Waals surface area contributed by atoms with Gasteiger partial charge < -0.3 is 10.4 Å². The molecule has 2 N–H and O–H groups in total. The van der Waals surface area contributed by atoms with Crippen LogP contribution in [-0.4, -0.2) is 23.3 Å². The van der Waals surface area contributed by atoms with E-state index in [9.17, 15) is 5.11 Å². The lowest BCUT2D eigenvalue weighted by Gasteiger charge is -2.41. The van der Waals surface area contributed by atoms with E-state index >= 15 is 0 Å². The number of rotatable bonds is 3. The number of aliphatic hydroxyl groups excluding tert-OH is 1. The van der Waals surface area contributed by atoms with Crippen LogP contribution in [-0.2, 0) is 0 Å². The molecular weight excluding hydrogens is 198 g/mol. The molecular formula is C14H27NO. The van der Waals surface area contributed by atoms with E-state index < -0.39 is 0 Å². The first-order chi connectivity index (χ1) is 7.74. The van der Waals surface area contributed by atoms with Crippen LogP contribution >= 0.6 is 0 Å². The molecule has 0 aromatic rings. The molecule has 2 rings (SSSR count). The Morgan fingerprint density at radius 2 is 1.69 bits per heavy atom. The predicted molar refractivity (Wildman–Crippen MR) is 67.5 cm³/mol. The Labute approximate surface area is 99.8 Å². The van der Waals surface area contributed by atoms with Gasteiger partial charge in [-0.2, -0.15) is 0 Å². The van der Waals surface area contributed by atoms with Gasteiger partial charge in [-0.1, -0.05) is 26.2 Å². The van der Waals surface area contributed by atoms with E-state index in [0.717, 1.165) is 5.92 Å². The minimum absolute atomic E-state index is 0.0729. The molecule has 2 heteroatoms. The Balaban J connectivity index is 1.86. The molecule has 0 saturated heterocycles. The van der Waals surface area contributed by atoms with Gasteiger partial charge in [-0.05, 0) is 44.4 Å². The van der Waals surface area contributed by atoms with Crippen LogP contribution in [0.15, 0.2) is 0 Å². The highest BCUT2D eigenvalue weighted by Crippen LogP contribution is 2.31. The van der Waals surface area contributed by atoms with Gasteiger partial charge in [-0.3, -0.25) is 0 Å². The maximum atomic E-state index is 9.66. The minimum atomic E-state index is 0.0729. The molecule has 0 atom stereocenters. The van der Waals surface area contributed by atoms with Crippen LogP contribution in [0.3, 0.4) is 0 Å². The monoisotopic (exact) mass is 225 g/mol. The summed E-state index contributed by atoms with van der Waals surface area (Å²) in [6.45, 7) is 2.69. The third-order valence-electron chi connectivity index (χ3n) is 4.64. The van der Waals surface area contributed by atoms with Crippen molar-refractivity contribution in [2.24, 2.45) is 5.92 Å². The van der Waals surface area contributed by atoms with Gasteiger partial charge in [0, 0.05) is 11.6 Å². The minimum Gasteiger partial charge on any atom is -0.394 e. The fourth-order valence-corrected chi connectivity index (χ4v) is 3.41. The summed E-state index contributed by atoms with van der Waals surface area (Å²) in [6, 6.07) is 0.668. The Morgan fingerprint density at radius 1 is 1.06 bits per heavy atom. The summed E-state index contributed by atoms with van der Waals surface area (Å²) in [6.07, 6.45) is 11.6. The molecule has 16 heavy (non-hydrogen) atoms. The Kier molecular flexibility index (Phi) is 4.26. The molecule has 0 bridgehead atoms. The lowest BCUT2D eigenvalue weighted by molar-refractivity contribution is 0.0979. The molecule has 94 valence electrons. The van der Waals surface area contributed by atoms with E-state index in [2.05, 4.69) is 12.2 Å². The molecule has 2 nitrogen and oxygen atoms in total. The molecule has 0 aliphatic heterocycles. The van der Waals surface area contributed by atoms with Crippen molar-refractivity contribution in [3.8, 4) is 0 Å². The standard InChI is InChI=1S/C14H27NO/c1-12-5-7-13(8-6-12)15-14(11-16)9-3-2-4-10-14/h12-13,15-16H,2-11H2,1H3. The predicted octanol–water partition coefficient (Wildman–Crippen LogP) is 2.85. The van der Waals surface area contributed by atoms with Crippen molar-refractivity contribution in [2.45, 2.75) is 76.3 Å². The zero-order valence-corrected chi connectivity index (χ0v) is 10.7. The molecule has 2 aliphatic rings. The zero-order valence-electron chi connectivity index (χ0n) is 10.7. The van der Waals surface area contributed by atoms with E-state index in [4.69, 9.17) is 0 Å². The molecule has 0 spiro atoms. The second kappa shape index (κ2) is 5.50. The maximum Gasteiger partial charge on any atom is 0.0613 e. The quantitative estimate of drug-likeness (QED) is 0.774. The molecule has 2 fully saturated rings. The van der Waals surface area contributed by atoms with Crippen LogP contribution in [0.1, 0.15) is 64.7 Å². The van der Waals surface area contributed by atoms with E-state index in [1.807, 2.05) is 0 Å². The van der Waals surface area contributed by atoms with Gasteiger partial charge >= 0.3 is 0 Å². The van der Waals surface area contributed by atoms with E-state index in [-0.39, 0.29) is 5.54 Å². The lowest BCUT2D eigenvalue weighted by Crippen LogP contribution is -2.54. The van der Waals surface area contributed by atoms with Crippen LogP contribution in [0.25, 0.3) is 0 Å². The molecule has 0 aromatic heterocycles. The summed E-state index contributed by atoms with van der Waals surface area (Å²) in [7, 11) is 0. The van der Waals surface area contributed by atoms with Crippen molar-refractivity contribution in [1.29, 1.82) is 0 Å². The van der Waals surface area contributed by atoms with Crippen molar-refractivity contribution in [2.75, 3.05) is 6.61 Å². The first-order valence-electron chi connectivity index (χ1n) is 7.13. The molecule has 0 aromatic carbocycles. The fraction of sp³-hybridized carbons (Fsp3) is 1.00. The zero-order chi connectivity index (χ0) is 11.4. The van der Waals surface area contributed by atoms with Gasteiger partial charge in [-0.25, -0.2) is 0 Å². The largest absolute Gasteiger partial charge is 0.394 e. The lowest BCUT2D eigenvalue weighted by atomic mass is 9.79. The molecule has 2 aliphatic carbocycles. The highest BCUT2D eigenvalue weighted by molar-refractivity contribution is 4.93. The second-order valence-corrected chi connectivity index (χ2v) is 6.10. The summed E-state index contributed by atoms with van der Waals surface area (Å²) in [5.41, 5.74) is 0.0729. The molecule has 0 amide bonds. The summed E-state index contributed by atoms with van der Waals surface area (Å²) < 4.78 is 0. The summed E-state index contributed by atoms with van der Waals surface area (Å²) in [5.74, 6) is 0.912. The first kappa shape index (κ1) is 12.4. The van der Waals surface area contributed by atoms with Crippen molar-refractivity contribution in [3.63, 3.8) is 0 Å². The van der Waals surface area contributed by atoms with E-state index in [0.29, 0.717) is 12.6 Å². The van der Waals surface area contributed by atoms with Crippen LogP contribution < -0.4 is 5.32 Å². The average Bonchev–Trinajstić information content (AvgIpc) is 2.33. The number of hydrogen-bond acceptors (Lipinski definition) is 2. The van der Waals surface area contributed by atoms with E-state index in [1.54, 1.807) is 0 Å². The van der Waals surface area contributed by atoms with Crippen molar-refractivity contribution >= 4 is 0 Å². The average molecular weight is 225 g/mol. The number of aliphatic hydroxyl groups is 1. The molecule has 0 radical (unpaired) electrons. The number of nitrogens with one attached hydrogen (secondary N) is 1. The van der Waals surface area contributed by atoms with Crippen LogP contribution in [0.2, 0.25) is 0 Å². The van der Waals surface area contributed by atoms with Crippen molar-refractivity contribution in [1.82, 2.24) is 5.32 Å². The summed E-state index contributed by atoms with van der Waals surface area (Å²) in [4.78, 5) is 0. The third-order valence-corrected chi connectivity index (χ3v) is 4.64. The smallest absolute Gasteiger partial charge is 0.0613 e. The summed E-state index contributed by atoms with van der Waals surface area (Å²) in [5, 5.41) is 13.5. The van der Waals surface area contributed by atoms with E-state index in [1.165, 1.54) is 57.8 Å². The van der Waals surface area contributed by atoms with Gasteiger partial charge in [-0.15, -0.1) is 0 Å². The van der Waals surface area contributed by atoms with Gasteiger partial charge in [0.1, 0.15) is 0 Å². The Bertz CT molecular complexity index is 203. The van der Waals surface area contributed by atoms with Crippen LogP contribution in [0.4, 0.5) is 0 Å². The number of hydrogen-bond donors (Lipinski definition) is 2. The normalized spacial score (nSPS) is 34.9. The third kappa shape index (κ3) is 2.98.